The lowest BCUT2D eigenvalue weighted by molar-refractivity contribution is -0.115. The molecule has 5 heteroatoms. The lowest BCUT2D eigenvalue weighted by atomic mass is 10.2. The van der Waals surface area contributed by atoms with Crippen LogP contribution in [0.25, 0.3) is 6.08 Å². The summed E-state index contributed by atoms with van der Waals surface area (Å²) in [5, 5.41) is 3.41. The molecule has 1 aliphatic heterocycles. The third-order valence-electron chi connectivity index (χ3n) is 3.11. The molecule has 0 radical (unpaired) electrons. The quantitative estimate of drug-likeness (QED) is 0.833. The van der Waals surface area contributed by atoms with Crippen LogP contribution in [-0.2, 0) is 4.79 Å². The molecule has 1 fully saturated rings. The molecule has 0 saturated carbocycles. The molecule has 1 saturated heterocycles. The number of thioether (sulfide) groups is 1. The predicted molar refractivity (Wildman–Crippen MR) is 87.5 cm³/mol. The number of hydrogen-bond acceptors (Lipinski definition) is 3. The second-order valence-electron chi connectivity index (χ2n) is 4.85. The van der Waals surface area contributed by atoms with Gasteiger partial charge in [0.1, 0.15) is 0 Å². The van der Waals surface area contributed by atoms with Gasteiger partial charge in [0.05, 0.1) is 10.6 Å². The molecule has 21 heavy (non-hydrogen) atoms. The minimum Gasteiger partial charge on any atom is -0.362 e. The van der Waals surface area contributed by atoms with Gasteiger partial charge < -0.3 is 10.3 Å². The van der Waals surface area contributed by atoms with Crippen LogP contribution >= 0.6 is 11.8 Å². The van der Waals surface area contributed by atoms with Gasteiger partial charge in [0.25, 0.3) is 5.91 Å². The number of amides is 1. The normalized spacial score (nSPS) is 18.5. The molecule has 0 unspecified atom stereocenters. The Bertz CT molecular complexity index is 744. The molecule has 0 spiro atoms. The second-order valence-corrected chi connectivity index (χ2v) is 5.88. The summed E-state index contributed by atoms with van der Waals surface area (Å²) in [5.41, 5.74) is 4.00. The zero-order chi connectivity index (χ0) is 14.8. The summed E-state index contributed by atoms with van der Waals surface area (Å²) in [4.78, 5) is 20.3. The van der Waals surface area contributed by atoms with Crippen LogP contribution in [0.4, 0.5) is 5.69 Å². The zero-order valence-corrected chi connectivity index (χ0v) is 12.6. The van der Waals surface area contributed by atoms with E-state index in [4.69, 9.17) is 0 Å². The number of nitrogens with one attached hydrogen (secondary N) is 2. The highest BCUT2D eigenvalue weighted by Gasteiger charge is 2.24. The van der Waals surface area contributed by atoms with E-state index in [9.17, 15) is 4.79 Å². The number of aromatic amines is 1. The molecule has 4 nitrogen and oxygen atoms in total. The Morgan fingerprint density at radius 3 is 2.62 bits per heavy atom. The van der Waals surface area contributed by atoms with E-state index < -0.39 is 0 Å². The highest BCUT2D eigenvalue weighted by molar-refractivity contribution is 8.18. The third-order valence-corrected chi connectivity index (χ3v) is 4.02. The minimum atomic E-state index is -0.104. The molecular weight excluding hydrogens is 282 g/mol. The third kappa shape index (κ3) is 3.08. The first-order valence-corrected chi connectivity index (χ1v) is 7.44. The van der Waals surface area contributed by atoms with Crippen LogP contribution in [0.2, 0.25) is 0 Å². The first-order valence-electron chi connectivity index (χ1n) is 6.62. The fourth-order valence-electron chi connectivity index (χ4n) is 2.14. The number of amidine groups is 1. The molecule has 0 aliphatic carbocycles. The van der Waals surface area contributed by atoms with Gasteiger partial charge in [-0.1, -0.05) is 18.2 Å². The standard InChI is InChI=1S/C16H15N3OS/c1-10-8-12(11(2)17-10)9-14-15(20)19-16(21-14)18-13-6-4-3-5-7-13/h3-9,17H,1-2H3,(H,18,19,20)/b14-9-. The number of benzene rings is 1. The van der Waals surface area contributed by atoms with E-state index in [1.165, 1.54) is 11.8 Å². The molecule has 0 atom stereocenters. The van der Waals surface area contributed by atoms with E-state index in [1.807, 2.05) is 56.3 Å². The van der Waals surface area contributed by atoms with E-state index in [-0.39, 0.29) is 5.91 Å². The van der Waals surface area contributed by atoms with Gasteiger partial charge in [0.2, 0.25) is 0 Å². The summed E-state index contributed by atoms with van der Waals surface area (Å²) < 4.78 is 0. The molecule has 2 N–H and O–H groups in total. The van der Waals surface area contributed by atoms with Crippen molar-refractivity contribution in [3.8, 4) is 0 Å². The molecule has 1 amide bonds. The Kier molecular flexibility index (Phi) is 3.66. The Labute approximate surface area is 127 Å². The highest BCUT2D eigenvalue weighted by atomic mass is 32.2. The summed E-state index contributed by atoms with van der Waals surface area (Å²) in [7, 11) is 0. The molecule has 106 valence electrons. The van der Waals surface area contributed by atoms with Crippen molar-refractivity contribution in [3.05, 3.63) is 58.3 Å². The summed E-state index contributed by atoms with van der Waals surface area (Å²) in [5.74, 6) is -0.104. The summed E-state index contributed by atoms with van der Waals surface area (Å²) in [6.45, 7) is 4.00. The number of H-pyrrole nitrogens is 1. The van der Waals surface area contributed by atoms with Crippen LogP contribution in [0.3, 0.4) is 0 Å². The summed E-state index contributed by atoms with van der Waals surface area (Å²) in [6.07, 6.45) is 1.90. The largest absolute Gasteiger partial charge is 0.362 e. The summed E-state index contributed by atoms with van der Waals surface area (Å²) in [6, 6.07) is 11.6. The van der Waals surface area contributed by atoms with E-state index in [2.05, 4.69) is 15.3 Å². The first kappa shape index (κ1) is 13.7. The predicted octanol–water partition coefficient (Wildman–Crippen LogP) is 3.52. The van der Waals surface area contributed by atoms with Gasteiger partial charge in [0, 0.05) is 11.4 Å². The van der Waals surface area contributed by atoms with Gasteiger partial charge in [-0.25, -0.2) is 4.99 Å². The van der Waals surface area contributed by atoms with Crippen LogP contribution in [0.1, 0.15) is 17.0 Å². The number of aliphatic imine (C=N–C) groups is 1. The van der Waals surface area contributed by atoms with Crippen LogP contribution in [0.5, 0.6) is 0 Å². The zero-order valence-electron chi connectivity index (χ0n) is 11.8. The lowest BCUT2D eigenvalue weighted by Gasteiger charge is -1.94. The molecule has 1 aromatic carbocycles. The van der Waals surface area contributed by atoms with Gasteiger partial charge in [-0.15, -0.1) is 0 Å². The smallest absolute Gasteiger partial charge is 0.264 e. The Morgan fingerprint density at radius 1 is 1.19 bits per heavy atom. The van der Waals surface area contributed by atoms with E-state index in [0.29, 0.717) is 10.1 Å². The number of aromatic nitrogens is 1. The Morgan fingerprint density at radius 2 is 1.95 bits per heavy atom. The summed E-state index contributed by atoms with van der Waals surface area (Å²) >= 11 is 1.36. The van der Waals surface area contributed by atoms with Crippen LogP contribution in [0.15, 0.2) is 46.3 Å². The SMILES string of the molecule is Cc1cc(/C=C2\SC(=Nc3ccccc3)NC2=O)c(C)[nH]1. The molecule has 1 aromatic heterocycles. The average Bonchev–Trinajstić information content (AvgIpc) is 2.94. The van der Waals surface area contributed by atoms with E-state index >= 15 is 0 Å². The Hall–Kier alpha value is -2.27. The van der Waals surface area contributed by atoms with Crippen molar-refractivity contribution in [3.63, 3.8) is 0 Å². The minimum absolute atomic E-state index is 0.104. The van der Waals surface area contributed by atoms with Crippen molar-refractivity contribution in [2.45, 2.75) is 13.8 Å². The molecule has 0 bridgehead atoms. The first-order chi connectivity index (χ1) is 10.1. The van der Waals surface area contributed by atoms with Crippen molar-refractivity contribution < 1.29 is 4.79 Å². The maximum absolute atomic E-state index is 12.0. The monoisotopic (exact) mass is 297 g/mol. The van der Waals surface area contributed by atoms with Crippen molar-refractivity contribution in [1.29, 1.82) is 0 Å². The lowest BCUT2D eigenvalue weighted by Crippen LogP contribution is -2.19. The number of carbonyl (C=O) groups is 1. The molecular formula is C16H15N3OS. The Balaban J connectivity index is 1.85. The molecule has 1 aliphatic rings. The number of para-hydroxylation sites is 1. The molecule has 2 aromatic rings. The highest BCUT2D eigenvalue weighted by Crippen LogP contribution is 2.28. The van der Waals surface area contributed by atoms with Crippen LogP contribution in [0, 0.1) is 13.8 Å². The number of nitrogens with zero attached hydrogens (tertiary/aromatic N) is 1. The van der Waals surface area contributed by atoms with Gasteiger partial charge in [-0.2, -0.15) is 0 Å². The van der Waals surface area contributed by atoms with Crippen LogP contribution in [-0.4, -0.2) is 16.1 Å². The van der Waals surface area contributed by atoms with Gasteiger partial charge >= 0.3 is 0 Å². The van der Waals surface area contributed by atoms with Crippen molar-refractivity contribution >= 4 is 34.6 Å². The van der Waals surface area contributed by atoms with Gasteiger partial charge in [-0.05, 0) is 55.4 Å². The van der Waals surface area contributed by atoms with Crippen molar-refractivity contribution in [1.82, 2.24) is 10.3 Å². The van der Waals surface area contributed by atoms with E-state index in [1.54, 1.807) is 0 Å². The molecule has 2 heterocycles. The van der Waals surface area contributed by atoms with Crippen LogP contribution < -0.4 is 5.32 Å². The number of aryl methyl sites for hydroxylation is 2. The molecule has 3 rings (SSSR count). The maximum Gasteiger partial charge on any atom is 0.264 e. The second kappa shape index (κ2) is 5.61. The maximum atomic E-state index is 12.0. The fourth-order valence-corrected chi connectivity index (χ4v) is 2.97. The van der Waals surface area contributed by atoms with Gasteiger partial charge in [0.15, 0.2) is 5.17 Å². The van der Waals surface area contributed by atoms with Crippen molar-refractivity contribution in [2.24, 2.45) is 4.99 Å². The average molecular weight is 297 g/mol. The number of carbonyl (C=O) groups excluding carboxylic acids is 1. The number of hydrogen-bond donors (Lipinski definition) is 2. The van der Waals surface area contributed by atoms with E-state index in [0.717, 1.165) is 22.6 Å². The number of rotatable bonds is 2. The fraction of sp³-hybridized carbons (Fsp3) is 0.125. The van der Waals surface area contributed by atoms with Crippen molar-refractivity contribution in [2.75, 3.05) is 0 Å². The topological polar surface area (TPSA) is 57.2 Å². The van der Waals surface area contributed by atoms with Gasteiger partial charge in [-0.3, -0.25) is 4.79 Å².